The second-order valence-corrected chi connectivity index (χ2v) is 5.76. The predicted molar refractivity (Wildman–Crippen MR) is 79.8 cm³/mol. The van der Waals surface area contributed by atoms with E-state index in [2.05, 4.69) is 4.98 Å². The number of amides is 1. The van der Waals surface area contributed by atoms with E-state index >= 15 is 0 Å². The van der Waals surface area contributed by atoms with Crippen molar-refractivity contribution in [3.63, 3.8) is 0 Å². The van der Waals surface area contributed by atoms with E-state index in [1.165, 1.54) is 5.56 Å². The van der Waals surface area contributed by atoms with Crippen LogP contribution in [-0.2, 0) is 11.2 Å². The molecule has 100 valence electrons. The number of hydrogen-bond acceptors (Lipinski definition) is 3. The summed E-state index contributed by atoms with van der Waals surface area (Å²) in [7, 11) is 1.80. The minimum absolute atomic E-state index is 0.109. The fraction of sp³-hybridized carbons (Fsp3) is 0.333. The molecule has 3 nitrogen and oxygen atoms in total. The molecule has 0 aliphatic carbocycles. The lowest BCUT2D eigenvalue weighted by Crippen LogP contribution is -2.26. The molecule has 0 atom stereocenters. The van der Waals surface area contributed by atoms with Crippen LogP contribution in [0.1, 0.15) is 22.6 Å². The number of carbonyl (C=O) groups excluding carboxylic acids is 1. The van der Waals surface area contributed by atoms with Crippen LogP contribution < -0.4 is 4.90 Å². The van der Waals surface area contributed by atoms with Gasteiger partial charge in [0.25, 0.3) is 0 Å². The van der Waals surface area contributed by atoms with Gasteiger partial charge in [-0.25, -0.2) is 4.98 Å². The minimum Gasteiger partial charge on any atom is -0.291 e. The highest BCUT2D eigenvalue weighted by atomic mass is 32.1. The molecule has 1 aromatic heterocycles. The Morgan fingerprint density at radius 2 is 1.95 bits per heavy atom. The Morgan fingerprint density at radius 1 is 1.26 bits per heavy atom. The van der Waals surface area contributed by atoms with Gasteiger partial charge in [-0.1, -0.05) is 30.3 Å². The van der Waals surface area contributed by atoms with Crippen molar-refractivity contribution >= 4 is 22.4 Å². The fourth-order valence-electron chi connectivity index (χ4n) is 1.77. The highest BCUT2D eigenvalue weighted by Crippen LogP contribution is 2.24. The third kappa shape index (κ3) is 3.41. The smallest absolute Gasteiger partial charge is 0.228 e. The predicted octanol–water partition coefficient (Wildman–Crippen LogP) is 3.36. The molecule has 1 aromatic carbocycles. The van der Waals surface area contributed by atoms with Gasteiger partial charge in [0.15, 0.2) is 5.13 Å². The number of rotatable bonds is 4. The molecular weight excluding hydrogens is 256 g/mol. The Balaban J connectivity index is 1.96. The number of thiazole rings is 1. The van der Waals surface area contributed by atoms with Gasteiger partial charge in [0, 0.05) is 18.3 Å². The van der Waals surface area contributed by atoms with Crippen LogP contribution in [0.2, 0.25) is 0 Å². The second kappa shape index (κ2) is 5.97. The molecule has 0 N–H and O–H groups in total. The first-order valence-electron chi connectivity index (χ1n) is 6.32. The molecule has 0 bridgehead atoms. The van der Waals surface area contributed by atoms with Crippen molar-refractivity contribution in [1.29, 1.82) is 0 Å². The highest BCUT2D eigenvalue weighted by molar-refractivity contribution is 7.15. The van der Waals surface area contributed by atoms with E-state index in [1.54, 1.807) is 23.3 Å². The molecule has 0 aliphatic rings. The first-order valence-corrected chi connectivity index (χ1v) is 7.14. The number of aryl methyl sites for hydroxylation is 3. The van der Waals surface area contributed by atoms with Crippen molar-refractivity contribution in [3.8, 4) is 0 Å². The van der Waals surface area contributed by atoms with Crippen LogP contribution in [0.25, 0.3) is 0 Å². The Bertz CT molecular complexity index is 543. The van der Waals surface area contributed by atoms with E-state index in [0.717, 1.165) is 22.1 Å². The first-order chi connectivity index (χ1) is 9.08. The highest BCUT2D eigenvalue weighted by Gasteiger charge is 2.15. The molecule has 19 heavy (non-hydrogen) atoms. The van der Waals surface area contributed by atoms with Gasteiger partial charge < -0.3 is 0 Å². The molecule has 0 aliphatic heterocycles. The molecule has 1 heterocycles. The van der Waals surface area contributed by atoms with Gasteiger partial charge in [-0.3, -0.25) is 9.69 Å². The fourth-order valence-corrected chi connectivity index (χ4v) is 2.66. The van der Waals surface area contributed by atoms with Crippen LogP contribution in [0.15, 0.2) is 30.3 Å². The van der Waals surface area contributed by atoms with Crippen LogP contribution in [0.3, 0.4) is 0 Å². The van der Waals surface area contributed by atoms with E-state index in [1.807, 2.05) is 44.2 Å². The molecule has 2 aromatic rings. The summed E-state index contributed by atoms with van der Waals surface area (Å²) in [5.41, 5.74) is 2.19. The third-order valence-corrected chi connectivity index (χ3v) is 4.30. The van der Waals surface area contributed by atoms with E-state index in [4.69, 9.17) is 0 Å². The average Bonchev–Trinajstić information content (AvgIpc) is 2.76. The van der Waals surface area contributed by atoms with Crippen molar-refractivity contribution < 1.29 is 4.79 Å². The molecule has 0 unspecified atom stereocenters. The molecule has 0 saturated heterocycles. The van der Waals surface area contributed by atoms with Crippen molar-refractivity contribution in [1.82, 2.24) is 4.98 Å². The summed E-state index contributed by atoms with van der Waals surface area (Å²) in [5, 5.41) is 0.785. The van der Waals surface area contributed by atoms with Gasteiger partial charge >= 0.3 is 0 Å². The monoisotopic (exact) mass is 274 g/mol. The quantitative estimate of drug-likeness (QED) is 0.856. The molecule has 2 rings (SSSR count). The number of hydrogen-bond donors (Lipinski definition) is 0. The Labute approximate surface area is 117 Å². The zero-order chi connectivity index (χ0) is 13.8. The van der Waals surface area contributed by atoms with Crippen molar-refractivity contribution in [2.24, 2.45) is 0 Å². The largest absolute Gasteiger partial charge is 0.291 e. The van der Waals surface area contributed by atoms with Gasteiger partial charge in [-0.2, -0.15) is 0 Å². The zero-order valence-electron chi connectivity index (χ0n) is 11.5. The molecule has 0 spiro atoms. The number of anilines is 1. The lowest BCUT2D eigenvalue weighted by Gasteiger charge is -2.13. The normalized spacial score (nSPS) is 10.5. The summed E-state index contributed by atoms with van der Waals surface area (Å²) in [6.45, 7) is 4.00. The van der Waals surface area contributed by atoms with Gasteiger partial charge in [0.05, 0.1) is 5.69 Å². The molecular formula is C15H18N2OS. The van der Waals surface area contributed by atoms with E-state index in [9.17, 15) is 4.79 Å². The van der Waals surface area contributed by atoms with E-state index in [-0.39, 0.29) is 5.91 Å². The Hall–Kier alpha value is -1.68. The van der Waals surface area contributed by atoms with Crippen LogP contribution in [0, 0.1) is 13.8 Å². The van der Waals surface area contributed by atoms with E-state index < -0.39 is 0 Å². The average molecular weight is 274 g/mol. The zero-order valence-corrected chi connectivity index (χ0v) is 12.3. The molecule has 4 heteroatoms. The first kappa shape index (κ1) is 13.7. The standard InChI is InChI=1S/C15H18N2OS/c1-11-12(2)19-15(16-11)17(3)14(18)10-9-13-7-5-4-6-8-13/h4-8H,9-10H2,1-3H3. The summed E-state index contributed by atoms with van der Waals surface area (Å²) in [4.78, 5) is 19.4. The van der Waals surface area contributed by atoms with Crippen molar-refractivity contribution in [3.05, 3.63) is 46.5 Å². The number of nitrogens with zero attached hydrogens (tertiary/aromatic N) is 2. The summed E-state index contributed by atoms with van der Waals surface area (Å²) in [6, 6.07) is 10.1. The molecule has 0 fully saturated rings. The van der Waals surface area contributed by atoms with E-state index in [0.29, 0.717) is 6.42 Å². The van der Waals surface area contributed by atoms with Crippen molar-refractivity contribution in [2.75, 3.05) is 11.9 Å². The van der Waals surface area contributed by atoms with Crippen LogP contribution in [0.5, 0.6) is 0 Å². The molecule has 1 amide bonds. The van der Waals surface area contributed by atoms with Gasteiger partial charge in [0.2, 0.25) is 5.91 Å². The summed E-state index contributed by atoms with van der Waals surface area (Å²) < 4.78 is 0. The molecule has 0 radical (unpaired) electrons. The Morgan fingerprint density at radius 3 is 2.53 bits per heavy atom. The lowest BCUT2D eigenvalue weighted by molar-refractivity contribution is -0.118. The van der Waals surface area contributed by atoms with Gasteiger partial charge in [-0.05, 0) is 25.8 Å². The van der Waals surface area contributed by atoms with Gasteiger partial charge in [0.1, 0.15) is 0 Å². The SMILES string of the molecule is Cc1nc(N(C)C(=O)CCc2ccccc2)sc1C. The van der Waals surface area contributed by atoms with Crippen LogP contribution >= 0.6 is 11.3 Å². The summed E-state index contributed by atoms with van der Waals surface area (Å²) >= 11 is 1.57. The lowest BCUT2D eigenvalue weighted by atomic mass is 10.1. The van der Waals surface area contributed by atoms with Crippen LogP contribution in [-0.4, -0.2) is 17.9 Å². The maximum absolute atomic E-state index is 12.1. The Kier molecular flexibility index (Phi) is 4.32. The number of aromatic nitrogens is 1. The van der Waals surface area contributed by atoms with Crippen molar-refractivity contribution in [2.45, 2.75) is 26.7 Å². The maximum Gasteiger partial charge on any atom is 0.228 e. The maximum atomic E-state index is 12.1. The number of benzene rings is 1. The topological polar surface area (TPSA) is 33.2 Å². The number of carbonyl (C=O) groups is 1. The second-order valence-electron chi connectivity index (χ2n) is 4.58. The minimum atomic E-state index is 0.109. The third-order valence-electron chi connectivity index (χ3n) is 3.15. The van der Waals surface area contributed by atoms with Gasteiger partial charge in [-0.15, -0.1) is 11.3 Å². The summed E-state index contributed by atoms with van der Waals surface area (Å²) in [5.74, 6) is 0.109. The van der Waals surface area contributed by atoms with Crippen LogP contribution in [0.4, 0.5) is 5.13 Å². The molecule has 0 saturated carbocycles. The summed E-state index contributed by atoms with van der Waals surface area (Å²) in [6.07, 6.45) is 1.28.